The van der Waals surface area contributed by atoms with E-state index in [1.165, 1.54) is 18.0 Å². The van der Waals surface area contributed by atoms with Crippen LogP contribution in [-0.2, 0) is 11.9 Å². The van der Waals surface area contributed by atoms with E-state index in [0.717, 1.165) is 11.0 Å². The van der Waals surface area contributed by atoms with Gasteiger partial charge in [-0.25, -0.2) is 0 Å². The molecule has 0 fully saturated rings. The van der Waals surface area contributed by atoms with Gasteiger partial charge in [-0.05, 0) is 29.7 Å². The van der Waals surface area contributed by atoms with Gasteiger partial charge in [-0.15, -0.1) is 23.1 Å². The summed E-state index contributed by atoms with van der Waals surface area (Å²) in [5.41, 5.74) is -0.926. The minimum Gasteiger partial charge on any atom is -0.323 e. The zero-order valence-electron chi connectivity index (χ0n) is 11.4. The number of halogens is 3. The predicted molar refractivity (Wildman–Crippen MR) is 84.1 cm³/mol. The molecular formula is C14H9F3N2O2S2. The normalized spacial score (nSPS) is 12.0. The Balaban J connectivity index is 1.81. The largest absolute Gasteiger partial charge is 0.425 e. The van der Waals surface area contributed by atoms with Gasteiger partial charge in [0.05, 0.1) is 0 Å². The van der Waals surface area contributed by atoms with E-state index in [0.29, 0.717) is 32.9 Å². The maximum atomic E-state index is 12.7. The summed E-state index contributed by atoms with van der Waals surface area (Å²) in [5, 5.41) is 0.530. The molecule has 2 N–H and O–H groups in total. The van der Waals surface area contributed by atoms with Gasteiger partial charge in [0, 0.05) is 27.2 Å². The summed E-state index contributed by atoms with van der Waals surface area (Å²) in [6, 6.07) is 6.18. The van der Waals surface area contributed by atoms with Crippen molar-refractivity contribution in [3.63, 3.8) is 0 Å². The molecule has 120 valence electrons. The monoisotopic (exact) mass is 358 g/mol. The number of hydrogen-bond acceptors (Lipinski definition) is 4. The van der Waals surface area contributed by atoms with Crippen LogP contribution in [0.5, 0.6) is 0 Å². The van der Waals surface area contributed by atoms with Crippen molar-refractivity contribution in [1.29, 1.82) is 0 Å². The highest BCUT2D eigenvalue weighted by Gasteiger charge is 2.32. The number of thioether (sulfide) groups is 1. The molecule has 0 amide bonds. The van der Waals surface area contributed by atoms with Gasteiger partial charge in [-0.2, -0.15) is 13.2 Å². The van der Waals surface area contributed by atoms with Crippen molar-refractivity contribution >= 4 is 33.2 Å². The van der Waals surface area contributed by atoms with Gasteiger partial charge in [-0.1, -0.05) is 0 Å². The van der Waals surface area contributed by atoms with Crippen molar-refractivity contribution in [2.45, 2.75) is 16.8 Å². The van der Waals surface area contributed by atoms with Gasteiger partial charge in [0.15, 0.2) is 0 Å². The molecule has 0 spiro atoms. The third-order valence-electron chi connectivity index (χ3n) is 3.02. The van der Waals surface area contributed by atoms with E-state index in [-0.39, 0.29) is 0 Å². The van der Waals surface area contributed by atoms with Gasteiger partial charge in [0.25, 0.3) is 0 Å². The first-order valence-electron chi connectivity index (χ1n) is 6.37. The molecule has 1 aromatic carbocycles. The lowest BCUT2D eigenvalue weighted by Gasteiger charge is -2.02. The second-order valence-corrected chi connectivity index (χ2v) is 6.83. The van der Waals surface area contributed by atoms with E-state index in [2.05, 4.69) is 9.97 Å². The smallest absolute Gasteiger partial charge is 0.323 e. The molecule has 0 unspecified atom stereocenters. The SMILES string of the molecule is O=c1[nH]cc(CSc2ccc3sc(C(F)(F)F)cc3c2)[nH]c1=O. The number of alkyl halides is 3. The maximum absolute atomic E-state index is 12.7. The Hall–Kier alpha value is -2.00. The molecule has 0 saturated heterocycles. The van der Waals surface area contributed by atoms with Crippen molar-refractivity contribution < 1.29 is 13.2 Å². The summed E-state index contributed by atoms with van der Waals surface area (Å²) in [7, 11) is 0. The Bertz CT molecular complexity index is 972. The number of nitrogens with one attached hydrogen (secondary N) is 2. The van der Waals surface area contributed by atoms with Gasteiger partial charge in [0.2, 0.25) is 0 Å². The fraction of sp³-hybridized carbons (Fsp3) is 0.143. The second-order valence-electron chi connectivity index (χ2n) is 4.69. The van der Waals surface area contributed by atoms with Crippen LogP contribution in [0, 0.1) is 0 Å². The van der Waals surface area contributed by atoms with Gasteiger partial charge in [-0.3, -0.25) is 9.59 Å². The standard InChI is InChI=1S/C14H9F3N2O2S2/c15-14(16,17)11-4-7-3-9(1-2-10(7)23-11)22-6-8-5-18-12(20)13(21)19-8/h1-5H,6H2,(H,18,20)(H,19,21). The average molecular weight is 358 g/mol. The molecule has 0 aliphatic carbocycles. The van der Waals surface area contributed by atoms with Gasteiger partial charge >= 0.3 is 17.3 Å². The molecule has 3 rings (SSSR count). The van der Waals surface area contributed by atoms with Crippen molar-refractivity contribution in [3.05, 3.63) is 61.7 Å². The van der Waals surface area contributed by atoms with Crippen molar-refractivity contribution in [1.82, 2.24) is 9.97 Å². The molecule has 0 radical (unpaired) electrons. The highest BCUT2D eigenvalue weighted by molar-refractivity contribution is 7.98. The summed E-state index contributed by atoms with van der Waals surface area (Å²) in [5.74, 6) is 0.383. The molecule has 23 heavy (non-hydrogen) atoms. The van der Waals surface area contributed by atoms with Crippen LogP contribution in [0.15, 0.2) is 44.9 Å². The molecule has 0 aliphatic rings. The summed E-state index contributed by atoms with van der Waals surface area (Å²) in [6.07, 6.45) is -2.94. The van der Waals surface area contributed by atoms with Crippen molar-refractivity contribution in [2.24, 2.45) is 0 Å². The third-order valence-corrected chi connectivity index (χ3v) is 5.22. The first-order valence-corrected chi connectivity index (χ1v) is 8.17. The lowest BCUT2D eigenvalue weighted by atomic mass is 10.2. The number of benzene rings is 1. The van der Waals surface area contributed by atoms with Gasteiger partial charge in [0.1, 0.15) is 4.88 Å². The molecule has 3 aromatic rings. The van der Waals surface area contributed by atoms with Crippen LogP contribution in [0.3, 0.4) is 0 Å². The second kappa shape index (κ2) is 5.89. The molecule has 2 heterocycles. The zero-order valence-corrected chi connectivity index (χ0v) is 13.0. The summed E-state index contributed by atoms with van der Waals surface area (Å²) in [6.45, 7) is 0. The van der Waals surface area contributed by atoms with Crippen LogP contribution in [0.2, 0.25) is 0 Å². The number of H-pyrrole nitrogens is 2. The maximum Gasteiger partial charge on any atom is 0.425 e. The Morgan fingerprint density at radius 2 is 1.91 bits per heavy atom. The minimum absolute atomic E-state index is 0.383. The first-order chi connectivity index (χ1) is 10.8. The predicted octanol–water partition coefficient (Wildman–Crippen LogP) is 3.59. The highest BCUT2D eigenvalue weighted by atomic mass is 32.2. The molecule has 4 nitrogen and oxygen atoms in total. The minimum atomic E-state index is -4.34. The van der Waals surface area contributed by atoms with Crippen molar-refractivity contribution in [3.8, 4) is 0 Å². The molecule has 0 aliphatic heterocycles. The summed E-state index contributed by atoms with van der Waals surface area (Å²) in [4.78, 5) is 27.1. The fourth-order valence-corrected chi connectivity index (χ4v) is 3.71. The van der Waals surface area contributed by atoms with E-state index < -0.39 is 22.2 Å². The molecular weight excluding hydrogens is 349 g/mol. The van der Waals surface area contributed by atoms with Gasteiger partial charge < -0.3 is 9.97 Å². The number of aromatic nitrogens is 2. The zero-order chi connectivity index (χ0) is 16.6. The van der Waals surface area contributed by atoms with Crippen LogP contribution in [0.1, 0.15) is 10.6 Å². The van der Waals surface area contributed by atoms with Crippen molar-refractivity contribution in [2.75, 3.05) is 0 Å². The molecule has 2 aromatic heterocycles. The first kappa shape index (κ1) is 15.9. The summed E-state index contributed by atoms with van der Waals surface area (Å²) < 4.78 is 38.7. The summed E-state index contributed by atoms with van der Waals surface area (Å²) >= 11 is 2.06. The number of rotatable bonds is 3. The van der Waals surface area contributed by atoms with E-state index >= 15 is 0 Å². The van der Waals surface area contributed by atoms with E-state index in [9.17, 15) is 22.8 Å². The van der Waals surface area contributed by atoms with Crippen LogP contribution in [-0.4, -0.2) is 9.97 Å². The highest BCUT2D eigenvalue weighted by Crippen LogP contribution is 2.39. The van der Waals surface area contributed by atoms with Crippen LogP contribution in [0.25, 0.3) is 10.1 Å². The number of fused-ring (bicyclic) bond motifs is 1. The van der Waals surface area contributed by atoms with E-state index in [1.54, 1.807) is 18.2 Å². The lowest BCUT2D eigenvalue weighted by molar-refractivity contribution is -0.134. The van der Waals surface area contributed by atoms with Crippen LogP contribution >= 0.6 is 23.1 Å². The molecule has 0 bridgehead atoms. The Labute approximate surface area is 135 Å². The Kier molecular flexibility index (Phi) is 4.07. The molecule has 0 atom stereocenters. The van der Waals surface area contributed by atoms with E-state index in [1.807, 2.05) is 0 Å². The van der Waals surface area contributed by atoms with Crippen LogP contribution in [0.4, 0.5) is 13.2 Å². The molecule has 9 heteroatoms. The number of hydrogen-bond donors (Lipinski definition) is 2. The topological polar surface area (TPSA) is 65.7 Å². The Morgan fingerprint density at radius 3 is 2.61 bits per heavy atom. The quantitative estimate of drug-likeness (QED) is 0.555. The average Bonchev–Trinajstić information content (AvgIpc) is 2.92. The Morgan fingerprint density at radius 1 is 1.13 bits per heavy atom. The number of aromatic amines is 2. The number of thiophene rings is 1. The third kappa shape index (κ3) is 3.50. The lowest BCUT2D eigenvalue weighted by Crippen LogP contribution is -2.29. The molecule has 0 saturated carbocycles. The van der Waals surface area contributed by atoms with E-state index in [4.69, 9.17) is 0 Å². The fourth-order valence-electron chi connectivity index (χ4n) is 1.95. The van der Waals surface area contributed by atoms with Crippen LogP contribution < -0.4 is 11.1 Å².